The molecule has 1 rings (SSSR count). The second-order valence-electron chi connectivity index (χ2n) is 10.4. The third kappa shape index (κ3) is 26.9. The molecule has 1 aromatic rings. The molecule has 178 valence electrons. The number of halogens is 1. The van der Waals surface area contributed by atoms with Crippen LogP contribution in [0.15, 0.2) is 30.4 Å². The number of unbranched alkanes of at least 4 members (excludes halogenated alkanes) is 2. The molecule has 0 atom stereocenters. The standard InChI is InChI=1S/C10H22.C8H9F.C7H14.C4H10/c1-4-6-8-10(3)9-7-5-2;1-6-3-4-8(9)7(2)5-6;1-6(2)7(3,4)5;1-4(2)3/h10H,4-9H2,1-3H3;3-5H,1-2H3;1H2,2-5H3;4H,1-3H3. The van der Waals surface area contributed by atoms with E-state index in [1.807, 2.05) is 13.0 Å². The Morgan fingerprint density at radius 1 is 0.933 bits per heavy atom. The monoisotopic (exact) mass is 422 g/mol. The van der Waals surface area contributed by atoms with E-state index in [9.17, 15) is 4.39 Å². The van der Waals surface area contributed by atoms with Crippen LogP contribution >= 0.6 is 0 Å². The van der Waals surface area contributed by atoms with Crippen molar-refractivity contribution >= 4 is 0 Å². The summed E-state index contributed by atoms with van der Waals surface area (Å²) in [7, 11) is 0. The van der Waals surface area contributed by atoms with Crippen LogP contribution in [0.2, 0.25) is 0 Å². The number of allylic oxidation sites excluding steroid dienone is 1. The summed E-state index contributed by atoms with van der Waals surface area (Å²) in [6.07, 6.45) is 8.44. The Hall–Kier alpha value is -1.11. The molecule has 0 saturated heterocycles. The van der Waals surface area contributed by atoms with Gasteiger partial charge in [-0.15, -0.1) is 0 Å². The van der Waals surface area contributed by atoms with Gasteiger partial charge in [-0.3, -0.25) is 0 Å². The van der Waals surface area contributed by atoms with E-state index < -0.39 is 0 Å². The first-order valence-corrected chi connectivity index (χ1v) is 12.1. The van der Waals surface area contributed by atoms with Gasteiger partial charge in [0, 0.05) is 0 Å². The molecule has 0 amide bonds. The van der Waals surface area contributed by atoms with Crippen LogP contribution in [0.3, 0.4) is 0 Å². The molecule has 0 aliphatic rings. The largest absolute Gasteiger partial charge is 0.207 e. The maximum atomic E-state index is 12.5. The SMILES string of the molecule is C=C(C)C(C)(C)C.CC(C)C.CCCCC(C)CCCC.Cc1ccc(F)c(C)c1. The van der Waals surface area contributed by atoms with E-state index in [2.05, 4.69) is 75.8 Å². The van der Waals surface area contributed by atoms with Gasteiger partial charge in [0.15, 0.2) is 0 Å². The quantitative estimate of drug-likeness (QED) is 0.400. The highest BCUT2D eigenvalue weighted by atomic mass is 19.1. The predicted octanol–water partition coefficient (Wildman–Crippen LogP) is 10.7. The summed E-state index contributed by atoms with van der Waals surface area (Å²) in [5, 5.41) is 0. The van der Waals surface area contributed by atoms with Gasteiger partial charge < -0.3 is 0 Å². The number of benzene rings is 1. The second kappa shape index (κ2) is 19.8. The molecule has 0 aliphatic heterocycles. The highest BCUT2D eigenvalue weighted by Crippen LogP contribution is 2.21. The molecule has 0 nitrogen and oxygen atoms in total. The molecule has 0 aromatic heterocycles. The minimum absolute atomic E-state index is 0.124. The molecule has 0 radical (unpaired) electrons. The molecular formula is C29H55F. The Labute approximate surface area is 190 Å². The summed E-state index contributed by atoms with van der Waals surface area (Å²) in [4.78, 5) is 0. The number of hydrogen-bond acceptors (Lipinski definition) is 0. The molecule has 0 N–H and O–H groups in total. The van der Waals surface area contributed by atoms with E-state index >= 15 is 0 Å². The van der Waals surface area contributed by atoms with Crippen molar-refractivity contribution in [3.8, 4) is 0 Å². The maximum absolute atomic E-state index is 12.5. The molecule has 0 bridgehead atoms. The topological polar surface area (TPSA) is 0 Å². The Morgan fingerprint density at radius 2 is 1.30 bits per heavy atom. The predicted molar refractivity (Wildman–Crippen MR) is 139 cm³/mol. The summed E-state index contributed by atoms with van der Waals surface area (Å²) in [5.74, 6) is 1.68. The van der Waals surface area contributed by atoms with Crippen molar-refractivity contribution in [2.24, 2.45) is 17.3 Å². The summed E-state index contributed by atoms with van der Waals surface area (Å²) < 4.78 is 12.5. The zero-order chi connectivity index (χ0) is 24.3. The van der Waals surface area contributed by atoms with Gasteiger partial charge >= 0.3 is 0 Å². The van der Waals surface area contributed by atoms with E-state index in [1.165, 1.54) is 50.2 Å². The molecule has 0 aliphatic carbocycles. The van der Waals surface area contributed by atoms with Crippen molar-refractivity contribution < 1.29 is 4.39 Å². The van der Waals surface area contributed by atoms with Gasteiger partial charge in [-0.05, 0) is 49.7 Å². The van der Waals surface area contributed by atoms with Gasteiger partial charge in [-0.2, -0.15) is 0 Å². The van der Waals surface area contributed by atoms with Crippen LogP contribution in [0.1, 0.15) is 119 Å². The first-order valence-electron chi connectivity index (χ1n) is 12.1. The minimum atomic E-state index is -0.124. The third-order valence-electron chi connectivity index (χ3n) is 4.69. The van der Waals surface area contributed by atoms with E-state index in [0.717, 1.165) is 23.0 Å². The van der Waals surface area contributed by atoms with Crippen LogP contribution in [0.4, 0.5) is 4.39 Å². The fraction of sp³-hybridized carbons (Fsp3) is 0.724. The van der Waals surface area contributed by atoms with Crippen LogP contribution < -0.4 is 0 Å². The fourth-order valence-electron chi connectivity index (χ4n) is 2.04. The van der Waals surface area contributed by atoms with Crippen LogP contribution in [0.5, 0.6) is 0 Å². The molecule has 1 aromatic carbocycles. The molecular weight excluding hydrogens is 367 g/mol. The molecule has 0 saturated carbocycles. The van der Waals surface area contributed by atoms with Gasteiger partial charge in [-0.25, -0.2) is 4.39 Å². The summed E-state index contributed by atoms with van der Waals surface area (Å²) in [5.41, 5.74) is 3.37. The Kier molecular flexibility index (Phi) is 22.2. The minimum Gasteiger partial charge on any atom is -0.207 e. The lowest BCUT2D eigenvalue weighted by atomic mass is 9.89. The van der Waals surface area contributed by atoms with Crippen LogP contribution in [0, 0.1) is 36.9 Å². The van der Waals surface area contributed by atoms with Crippen LogP contribution in [0.25, 0.3) is 0 Å². The van der Waals surface area contributed by atoms with Gasteiger partial charge in [0.05, 0.1) is 0 Å². The zero-order valence-corrected chi connectivity index (χ0v) is 22.7. The van der Waals surface area contributed by atoms with Gasteiger partial charge in [0.2, 0.25) is 0 Å². The van der Waals surface area contributed by atoms with Crippen molar-refractivity contribution in [2.45, 2.75) is 122 Å². The van der Waals surface area contributed by atoms with Crippen molar-refractivity contribution in [3.05, 3.63) is 47.3 Å². The van der Waals surface area contributed by atoms with Gasteiger partial charge in [-0.1, -0.05) is 131 Å². The van der Waals surface area contributed by atoms with Crippen LogP contribution in [-0.4, -0.2) is 0 Å². The average molecular weight is 423 g/mol. The van der Waals surface area contributed by atoms with Crippen molar-refractivity contribution in [1.29, 1.82) is 0 Å². The van der Waals surface area contributed by atoms with E-state index in [4.69, 9.17) is 0 Å². The molecule has 30 heavy (non-hydrogen) atoms. The van der Waals surface area contributed by atoms with E-state index in [-0.39, 0.29) is 5.82 Å². The lowest BCUT2D eigenvalue weighted by Crippen LogP contribution is -2.04. The maximum Gasteiger partial charge on any atom is 0.126 e. The summed E-state index contributed by atoms with van der Waals surface area (Å²) >= 11 is 0. The first-order chi connectivity index (χ1) is 13.7. The highest BCUT2D eigenvalue weighted by molar-refractivity contribution is 5.22. The number of hydrogen-bond donors (Lipinski definition) is 0. The Balaban J connectivity index is -0.000000339. The van der Waals surface area contributed by atoms with Gasteiger partial charge in [0.25, 0.3) is 0 Å². The van der Waals surface area contributed by atoms with E-state index in [1.54, 1.807) is 13.0 Å². The van der Waals surface area contributed by atoms with E-state index in [0.29, 0.717) is 5.41 Å². The van der Waals surface area contributed by atoms with Gasteiger partial charge in [0.1, 0.15) is 5.82 Å². The van der Waals surface area contributed by atoms with Crippen molar-refractivity contribution in [2.75, 3.05) is 0 Å². The second-order valence-corrected chi connectivity index (χ2v) is 10.4. The molecule has 0 unspecified atom stereocenters. The number of aryl methyl sites for hydroxylation is 2. The lowest BCUT2D eigenvalue weighted by Gasteiger charge is -2.16. The third-order valence-corrected chi connectivity index (χ3v) is 4.69. The molecule has 1 heteroatoms. The summed E-state index contributed by atoms with van der Waals surface area (Å²) in [6, 6.07) is 5.09. The van der Waals surface area contributed by atoms with Crippen molar-refractivity contribution in [3.63, 3.8) is 0 Å². The van der Waals surface area contributed by atoms with Crippen molar-refractivity contribution in [1.82, 2.24) is 0 Å². The molecule has 0 fully saturated rings. The normalized spacial score (nSPS) is 10.4. The Morgan fingerprint density at radius 3 is 1.53 bits per heavy atom. The average Bonchev–Trinajstić information content (AvgIpc) is 2.61. The summed E-state index contributed by atoms with van der Waals surface area (Å²) in [6.45, 7) is 29.5. The smallest absolute Gasteiger partial charge is 0.126 e. The Bertz CT molecular complexity index is 509. The fourth-order valence-corrected chi connectivity index (χ4v) is 2.04. The highest BCUT2D eigenvalue weighted by Gasteiger charge is 2.08. The molecule has 0 spiro atoms. The zero-order valence-electron chi connectivity index (χ0n) is 22.7. The first kappa shape index (κ1) is 33.5. The molecule has 0 heterocycles. The number of rotatable bonds is 6. The lowest BCUT2D eigenvalue weighted by molar-refractivity contribution is 0.454. The van der Waals surface area contributed by atoms with Crippen LogP contribution in [-0.2, 0) is 0 Å².